The van der Waals surface area contributed by atoms with Gasteiger partial charge in [0.1, 0.15) is 5.82 Å². The Morgan fingerprint density at radius 2 is 1.89 bits per heavy atom. The molecule has 0 spiro atoms. The molecule has 0 saturated carbocycles. The fourth-order valence-corrected chi connectivity index (χ4v) is 3.18. The SMILES string of the molecule is Cc1nn(C)c(N(C)Cc2ccc(Br)cc2)c1CBr. The van der Waals surface area contributed by atoms with Gasteiger partial charge in [-0.2, -0.15) is 5.10 Å². The van der Waals surface area contributed by atoms with E-state index in [1.807, 2.05) is 18.7 Å². The number of hydrogen-bond donors (Lipinski definition) is 0. The molecule has 0 aliphatic rings. The van der Waals surface area contributed by atoms with E-state index in [9.17, 15) is 0 Å². The van der Waals surface area contributed by atoms with E-state index in [-0.39, 0.29) is 0 Å². The van der Waals surface area contributed by atoms with Crippen LogP contribution in [0.1, 0.15) is 16.8 Å². The molecule has 0 N–H and O–H groups in total. The lowest BCUT2D eigenvalue weighted by Crippen LogP contribution is -2.20. The van der Waals surface area contributed by atoms with E-state index in [2.05, 4.69) is 73.2 Å². The molecule has 0 radical (unpaired) electrons. The summed E-state index contributed by atoms with van der Waals surface area (Å²) in [5, 5.41) is 5.32. The second-order valence-electron chi connectivity index (χ2n) is 4.63. The van der Waals surface area contributed by atoms with Gasteiger partial charge >= 0.3 is 0 Å². The van der Waals surface area contributed by atoms with E-state index in [0.29, 0.717) is 0 Å². The number of rotatable bonds is 4. The molecule has 1 aromatic carbocycles. The average Bonchev–Trinajstić information content (AvgIpc) is 2.66. The first-order chi connectivity index (χ1) is 9.02. The van der Waals surface area contributed by atoms with Gasteiger partial charge in [-0.25, -0.2) is 0 Å². The smallest absolute Gasteiger partial charge is 0.130 e. The predicted molar refractivity (Wildman–Crippen MR) is 86.8 cm³/mol. The summed E-state index contributed by atoms with van der Waals surface area (Å²) in [6.45, 7) is 2.92. The van der Waals surface area contributed by atoms with Crippen LogP contribution in [0, 0.1) is 6.92 Å². The molecule has 0 atom stereocenters. The minimum absolute atomic E-state index is 0.826. The Bertz CT molecular complexity index is 561. The highest BCUT2D eigenvalue weighted by Crippen LogP contribution is 2.26. The molecule has 0 fully saturated rings. The zero-order valence-corrected chi connectivity index (χ0v) is 14.5. The number of hydrogen-bond acceptors (Lipinski definition) is 2. The van der Waals surface area contributed by atoms with Gasteiger partial charge in [0.2, 0.25) is 0 Å². The lowest BCUT2D eigenvalue weighted by molar-refractivity contribution is 0.726. The minimum Gasteiger partial charge on any atom is -0.355 e. The summed E-state index contributed by atoms with van der Waals surface area (Å²) in [6.07, 6.45) is 0. The lowest BCUT2D eigenvalue weighted by Gasteiger charge is -2.21. The zero-order valence-electron chi connectivity index (χ0n) is 11.3. The molecule has 0 unspecified atom stereocenters. The van der Waals surface area contributed by atoms with Crippen molar-refractivity contribution in [1.29, 1.82) is 0 Å². The van der Waals surface area contributed by atoms with Crippen LogP contribution in [0.25, 0.3) is 0 Å². The first-order valence-electron chi connectivity index (χ1n) is 6.07. The van der Waals surface area contributed by atoms with Crippen molar-refractivity contribution in [3.8, 4) is 0 Å². The van der Waals surface area contributed by atoms with Crippen LogP contribution in [0.2, 0.25) is 0 Å². The van der Waals surface area contributed by atoms with Crippen LogP contribution in [0.3, 0.4) is 0 Å². The molecular weight excluding hydrogens is 370 g/mol. The van der Waals surface area contributed by atoms with Gasteiger partial charge in [0.15, 0.2) is 0 Å². The normalized spacial score (nSPS) is 10.8. The van der Waals surface area contributed by atoms with Crippen LogP contribution in [-0.2, 0) is 18.9 Å². The molecule has 2 aromatic rings. The van der Waals surface area contributed by atoms with Crippen molar-refractivity contribution in [2.75, 3.05) is 11.9 Å². The molecule has 1 heterocycles. The van der Waals surface area contributed by atoms with Crippen molar-refractivity contribution in [2.45, 2.75) is 18.8 Å². The summed E-state index contributed by atoms with van der Waals surface area (Å²) in [4.78, 5) is 2.24. The lowest BCUT2D eigenvalue weighted by atomic mass is 10.2. The monoisotopic (exact) mass is 385 g/mol. The Hall–Kier alpha value is -0.810. The van der Waals surface area contributed by atoms with E-state index >= 15 is 0 Å². The summed E-state index contributed by atoms with van der Waals surface area (Å²) in [5.41, 5.74) is 3.62. The van der Waals surface area contributed by atoms with Gasteiger partial charge in [0.05, 0.1) is 5.69 Å². The first-order valence-corrected chi connectivity index (χ1v) is 7.98. The van der Waals surface area contributed by atoms with Gasteiger partial charge in [-0.3, -0.25) is 4.68 Å². The third-order valence-corrected chi connectivity index (χ3v) is 4.23. The summed E-state index contributed by atoms with van der Waals surface area (Å²) >= 11 is 7.01. The Kier molecular flexibility index (Phi) is 4.68. The molecule has 5 heteroatoms. The molecule has 3 nitrogen and oxygen atoms in total. The van der Waals surface area contributed by atoms with E-state index < -0.39 is 0 Å². The second-order valence-corrected chi connectivity index (χ2v) is 6.10. The first kappa shape index (κ1) is 14.6. The number of aryl methyl sites for hydroxylation is 2. The van der Waals surface area contributed by atoms with Crippen LogP contribution in [-0.4, -0.2) is 16.8 Å². The van der Waals surface area contributed by atoms with E-state index in [1.165, 1.54) is 11.1 Å². The number of anilines is 1. The highest BCUT2D eigenvalue weighted by molar-refractivity contribution is 9.10. The molecular formula is C14H17Br2N3. The summed E-state index contributed by atoms with van der Waals surface area (Å²) in [5.74, 6) is 1.16. The largest absolute Gasteiger partial charge is 0.355 e. The topological polar surface area (TPSA) is 21.1 Å². The van der Waals surface area contributed by atoms with Crippen molar-refractivity contribution < 1.29 is 0 Å². The highest BCUT2D eigenvalue weighted by Gasteiger charge is 2.15. The molecule has 0 amide bonds. The number of aromatic nitrogens is 2. The Morgan fingerprint density at radius 1 is 1.26 bits per heavy atom. The van der Waals surface area contributed by atoms with Crippen LogP contribution < -0.4 is 4.90 Å². The van der Waals surface area contributed by atoms with Gasteiger partial charge in [-0.1, -0.05) is 44.0 Å². The number of nitrogens with zero attached hydrogens (tertiary/aromatic N) is 3. The van der Waals surface area contributed by atoms with Crippen LogP contribution in [0.15, 0.2) is 28.7 Å². The van der Waals surface area contributed by atoms with Crippen LogP contribution in [0.5, 0.6) is 0 Å². The minimum atomic E-state index is 0.826. The van der Waals surface area contributed by atoms with Crippen LogP contribution in [0.4, 0.5) is 5.82 Å². The van der Waals surface area contributed by atoms with Gasteiger partial charge in [-0.05, 0) is 24.6 Å². The Balaban J connectivity index is 2.24. The van der Waals surface area contributed by atoms with Crippen LogP contribution >= 0.6 is 31.9 Å². The molecule has 0 bridgehead atoms. The maximum atomic E-state index is 4.50. The third-order valence-electron chi connectivity index (χ3n) is 3.14. The summed E-state index contributed by atoms with van der Waals surface area (Å²) < 4.78 is 3.06. The van der Waals surface area contributed by atoms with E-state index in [1.54, 1.807) is 0 Å². The maximum Gasteiger partial charge on any atom is 0.130 e. The molecule has 0 aliphatic heterocycles. The summed E-state index contributed by atoms with van der Waals surface area (Å²) in [6, 6.07) is 8.42. The van der Waals surface area contributed by atoms with Gasteiger partial charge < -0.3 is 4.90 Å². The molecule has 19 heavy (non-hydrogen) atoms. The molecule has 0 saturated heterocycles. The number of alkyl halides is 1. The number of benzene rings is 1. The molecule has 1 aromatic heterocycles. The third kappa shape index (κ3) is 3.20. The van der Waals surface area contributed by atoms with Gasteiger partial charge in [-0.15, -0.1) is 0 Å². The van der Waals surface area contributed by atoms with Crippen molar-refractivity contribution in [3.63, 3.8) is 0 Å². The van der Waals surface area contributed by atoms with Crippen molar-refractivity contribution >= 4 is 37.7 Å². The fourth-order valence-electron chi connectivity index (χ4n) is 2.26. The molecule has 102 valence electrons. The molecule has 2 rings (SSSR count). The van der Waals surface area contributed by atoms with Gasteiger partial charge in [0, 0.05) is 36.0 Å². The fraction of sp³-hybridized carbons (Fsp3) is 0.357. The average molecular weight is 387 g/mol. The zero-order chi connectivity index (χ0) is 14.0. The van der Waals surface area contributed by atoms with E-state index in [0.717, 1.165) is 27.9 Å². The summed E-state index contributed by atoms with van der Waals surface area (Å²) in [7, 11) is 4.09. The Morgan fingerprint density at radius 3 is 2.47 bits per heavy atom. The highest BCUT2D eigenvalue weighted by atomic mass is 79.9. The predicted octanol–water partition coefficient (Wildman–Crippen LogP) is 4.02. The van der Waals surface area contributed by atoms with Crippen molar-refractivity contribution in [1.82, 2.24) is 9.78 Å². The van der Waals surface area contributed by atoms with E-state index in [4.69, 9.17) is 0 Å². The Labute approximate surface area is 130 Å². The second kappa shape index (κ2) is 6.09. The molecule has 0 aliphatic carbocycles. The quantitative estimate of drug-likeness (QED) is 0.740. The van der Waals surface area contributed by atoms with Crippen molar-refractivity contribution in [3.05, 3.63) is 45.6 Å². The van der Waals surface area contributed by atoms with Crippen molar-refractivity contribution in [2.24, 2.45) is 7.05 Å². The van der Waals surface area contributed by atoms with Gasteiger partial charge in [0.25, 0.3) is 0 Å². The standard InChI is InChI=1S/C14H17Br2N3/c1-10-13(8-15)14(19(3)17-10)18(2)9-11-4-6-12(16)7-5-11/h4-7H,8-9H2,1-3H3. The maximum absolute atomic E-state index is 4.50. The number of halogens is 2.